The molecule has 0 bridgehead atoms. The van der Waals surface area contributed by atoms with Crippen LogP contribution in [-0.2, 0) is 16.6 Å². The molecule has 0 aliphatic heterocycles. The molecule has 3 heterocycles. The summed E-state index contributed by atoms with van der Waals surface area (Å²) in [6.45, 7) is 2.21. The Hall–Kier alpha value is -2.73. The number of rotatable bonds is 6. The van der Waals surface area contributed by atoms with Crippen LogP contribution < -0.4 is 5.32 Å². The molecular formula is C20H20ClN5O. The number of hydrogen-bond acceptors (Lipinski definition) is 4. The number of pyridine rings is 2. The van der Waals surface area contributed by atoms with Crippen molar-refractivity contribution in [2.75, 3.05) is 5.32 Å². The molecule has 27 heavy (non-hydrogen) atoms. The summed E-state index contributed by atoms with van der Waals surface area (Å²) in [5.74, 6) is 0.640. The zero-order valence-corrected chi connectivity index (χ0v) is 15.8. The Kier molecular flexibility index (Phi) is 4.66. The Balaban J connectivity index is 1.51. The monoisotopic (exact) mass is 381 g/mol. The van der Waals surface area contributed by atoms with E-state index in [9.17, 15) is 4.79 Å². The lowest BCUT2D eigenvalue weighted by Gasteiger charge is -2.13. The number of nitrogens with one attached hydrogen (secondary N) is 2. The highest BCUT2D eigenvalue weighted by atomic mass is 35.5. The number of aromatic nitrogens is 4. The molecule has 0 spiro atoms. The second-order valence-corrected chi connectivity index (χ2v) is 7.54. The summed E-state index contributed by atoms with van der Waals surface area (Å²) in [5, 5.41) is 11.0. The van der Waals surface area contributed by atoms with Crippen molar-refractivity contribution < 1.29 is 4.79 Å². The fraction of sp³-hybridized carbons (Fsp3) is 0.300. The van der Waals surface area contributed by atoms with Crippen molar-refractivity contribution in [1.82, 2.24) is 20.2 Å². The lowest BCUT2D eigenvalue weighted by atomic mass is 9.94. The van der Waals surface area contributed by atoms with E-state index in [0.29, 0.717) is 23.8 Å². The van der Waals surface area contributed by atoms with Gasteiger partial charge in [-0.05, 0) is 48.4 Å². The highest BCUT2D eigenvalue weighted by molar-refractivity contribution is 6.29. The van der Waals surface area contributed by atoms with Crippen molar-refractivity contribution in [3.05, 3.63) is 59.1 Å². The Labute approximate surface area is 162 Å². The van der Waals surface area contributed by atoms with Gasteiger partial charge in [0.15, 0.2) is 0 Å². The summed E-state index contributed by atoms with van der Waals surface area (Å²) < 4.78 is 0. The van der Waals surface area contributed by atoms with Crippen LogP contribution in [0.1, 0.15) is 37.3 Å². The second-order valence-electron chi connectivity index (χ2n) is 7.16. The summed E-state index contributed by atoms with van der Waals surface area (Å²) in [6, 6.07) is 7.49. The molecule has 138 valence electrons. The minimum Gasteiger partial charge on any atom is -0.311 e. The molecule has 1 aliphatic carbocycles. The molecule has 0 aromatic carbocycles. The fourth-order valence-electron chi connectivity index (χ4n) is 3.19. The predicted octanol–water partition coefficient (Wildman–Crippen LogP) is 4.14. The van der Waals surface area contributed by atoms with E-state index in [1.807, 2.05) is 18.2 Å². The van der Waals surface area contributed by atoms with E-state index >= 15 is 0 Å². The molecule has 0 atom stereocenters. The van der Waals surface area contributed by atoms with Gasteiger partial charge in [0.1, 0.15) is 11.0 Å². The number of H-pyrrole nitrogens is 1. The van der Waals surface area contributed by atoms with E-state index in [0.717, 1.165) is 35.2 Å². The third-order valence-electron chi connectivity index (χ3n) is 5.02. The molecule has 4 rings (SSSR count). The van der Waals surface area contributed by atoms with Gasteiger partial charge in [-0.1, -0.05) is 24.6 Å². The number of hydrogen-bond donors (Lipinski definition) is 2. The molecule has 1 amide bonds. The first-order chi connectivity index (χ1) is 13.0. The van der Waals surface area contributed by atoms with Gasteiger partial charge in [0.25, 0.3) is 0 Å². The van der Waals surface area contributed by atoms with Crippen LogP contribution in [0.15, 0.2) is 42.9 Å². The van der Waals surface area contributed by atoms with Crippen LogP contribution in [0, 0.1) is 0 Å². The summed E-state index contributed by atoms with van der Waals surface area (Å²) in [6.07, 6.45) is 8.35. The highest BCUT2D eigenvalue weighted by Crippen LogP contribution is 2.52. The quantitative estimate of drug-likeness (QED) is 0.628. The number of amides is 1. The number of carbonyl (C=O) groups is 1. The molecular weight excluding hydrogens is 362 g/mol. The molecule has 1 saturated carbocycles. The third kappa shape index (κ3) is 3.85. The van der Waals surface area contributed by atoms with Gasteiger partial charge in [-0.3, -0.25) is 14.9 Å². The zero-order valence-electron chi connectivity index (χ0n) is 15.0. The fourth-order valence-corrected chi connectivity index (χ4v) is 3.30. The van der Waals surface area contributed by atoms with Crippen LogP contribution in [0.3, 0.4) is 0 Å². The Morgan fingerprint density at radius 1 is 1.26 bits per heavy atom. The lowest BCUT2D eigenvalue weighted by molar-refractivity contribution is -0.116. The molecule has 0 saturated heterocycles. The molecule has 2 N–H and O–H groups in total. The van der Waals surface area contributed by atoms with Crippen LogP contribution in [-0.4, -0.2) is 26.1 Å². The van der Waals surface area contributed by atoms with E-state index in [1.54, 1.807) is 24.7 Å². The maximum absolute atomic E-state index is 12.5. The van der Waals surface area contributed by atoms with Crippen LogP contribution in [0.2, 0.25) is 5.15 Å². The SMILES string of the molecule is CC1(c2c(-c3ccncc3)n[nH]c2NC(=O)CCc2ccc(Cl)nc2)CC1. The lowest BCUT2D eigenvalue weighted by Crippen LogP contribution is -2.15. The normalized spacial score (nSPS) is 14.7. The van der Waals surface area contributed by atoms with E-state index in [2.05, 4.69) is 32.4 Å². The minimum atomic E-state index is -0.0552. The molecule has 7 heteroatoms. The maximum atomic E-state index is 12.5. The second kappa shape index (κ2) is 7.12. The van der Waals surface area contributed by atoms with E-state index in [4.69, 9.17) is 11.6 Å². The van der Waals surface area contributed by atoms with Crippen LogP contribution >= 0.6 is 11.6 Å². The van der Waals surface area contributed by atoms with Crippen molar-refractivity contribution in [2.24, 2.45) is 0 Å². The summed E-state index contributed by atoms with van der Waals surface area (Å²) >= 11 is 5.80. The van der Waals surface area contributed by atoms with Crippen molar-refractivity contribution in [3.63, 3.8) is 0 Å². The first-order valence-electron chi connectivity index (χ1n) is 8.95. The van der Waals surface area contributed by atoms with Gasteiger partial charge in [0.2, 0.25) is 5.91 Å². The molecule has 3 aromatic heterocycles. The summed E-state index contributed by atoms with van der Waals surface area (Å²) in [7, 11) is 0. The third-order valence-corrected chi connectivity index (χ3v) is 5.24. The standard InChI is InChI=1S/C20H20ClN5O/c1-20(8-9-20)17-18(14-6-10-22-11-7-14)25-26-19(17)24-16(27)5-3-13-2-4-15(21)23-12-13/h2,4,6-7,10-12H,3,5,8-9H2,1H3,(H2,24,25,26,27). The van der Waals surface area contributed by atoms with E-state index in [1.165, 1.54) is 0 Å². The first kappa shape index (κ1) is 17.7. The average molecular weight is 382 g/mol. The molecule has 1 aliphatic rings. The maximum Gasteiger partial charge on any atom is 0.225 e. The minimum absolute atomic E-state index is 0.0499. The van der Waals surface area contributed by atoms with Gasteiger partial charge in [-0.2, -0.15) is 5.10 Å². The predicted molar refractivity (Wildman–Crippen MR) is 105 cm³/mol. The van der Waals surface area contributed by atoms with Gasteiger partial charge >= 0.3 is 0 Å². The number of aromatic amines is 1. The van der Waals surface area contributed by atoms with Crippen molar-refractivity contribution in [1.29, 1.82) is 0 Å². The number of anilines is 1. The molecule has 0 unspecified atom stereocenters. The van der Waals surface area contributed by atoms with Crippen molar-refractivity contribution in [2.45, 2.75) is 38.0 Å². The molecule has 3 aromatic rings. The van der Waals surface area contributed by atoms with Gasteiger partial charge in [0, 0.05) is 36.1 Å². The largest absolute Gasteiger partial charge is 0.311 e. The smallest absolute Gasteiger partial charge is 0.225 e. The van der Waals surface area contributed by atoms with E-state index < -0.39 is 0 Å². The average Bonchev–Trinajstić information content (AvgIpc) is 3.28. The van der Waals surface area contributed by atoms with Crippen molar-refractivity contribution in [3.8, 4) is 11.3 Å². The van der Waals surface area contributed by atoms with Gasteiger partial charge in [-0.15, -0.1) is 0 Å². The number of aryl methyl sites for hydroxylation is 1. The van der Waals surface area contributed by atoms with Crippen LogP contribution in [0.5, 0.6) is 0 Å². The van der Waals surface area contributed by atoms with Crippen LogP contribution in [0.25, 0.3) is 11.3 Å². The van der Waals surface area contributed by atoms with Gasteiger partial charge in [0.05, 0.1) is 5.69 Å². The summed E-state index contributed by atoms with van der Waals surface area (Å²) in [4.78, 5) is 20.6. The number of carbonyl (C=O) groups excluding carboxylic acids is 1. The number of halogens is 1. The van der Waals surface area contributed by atoms with Gasteiger partial charge < -0.3 is 5.32 Å². The Morgan fingerprint density at radius 2 is 2.04 bits per heavy atom. The number of nitrogens with zero attached hydrogens (tertiary/aromatic N) is 3. The van der Waals surface area contributed by atoms with E-state index in [-0.39, 0.29) is 11.3 Å². The molecule has 6 nitrogen and oxygen atoms in total. The van der Waals surface area contributed by atoms with Crippen LogP contribution in [0.4, 0.5) is 5.82 Å². The first-order valence-corrected chi connectivity index (χ1v) is 9.32. The highest BCUT2D eigenvalue weighted by Gasteiger charge is 2.44. The molecule has 1 fully saturated rings. The van der Waals surface area contributed by atoms with Gasteiger partial charge in [-0.25, -0.2) is 4.98 Å². The molecule has 0 radical (unpaired) electrons. The zero-order chi connectivity index (χ0) is 18.9. The topological polar surface area (TPSA) is 83.6 Å². The Bertz CT molecular complexity index is 948. The van der Waals surface area contributed by atoms with Crippen molar-refractivity contribution >= 4 is 23.3 Å². The summed E-state index contributed by atoms with van der Waals surface area (Å²) in [5.41, 5.74) is 3.99. The Morgan fingerprint density at radius 3 is 2.70 bits per heavy atom.